The number of methoxy groups -OCH3 is 1. The van der Waals surface area contributed by atoms with Crippen LogP contribution in [0.15, 0.2) is 36.8 Å². The lowest BCUT2D eigenvalue weighted by Crippen LogP contribution is -2.21. The zero-order valence-electron chi connectivity index (χ0n) is 14.5. The number of likely N-dealkylation sites (tertiary alicyclic amines) is 1. The van der Waals surface area contributed by atoms with Gasteiger partial charge in [0.05, 0.1) is 24.2 Å². The summed E-state index contributed by atoms with van der Waals surface area (Å²) < 4.78 is 7.59. The number of ether oxygens (including phenoxy) is 1. The minimum atomic E-state index is 0.342. The van der Waals surface area contributed by atoms with Crippen molar-refractivity contribution in [1.82, 2.24) is 14.5 Å². The molecule has 2 aliphatic heterocycles. The summed E-state index contributed by atoms with van der Waals surface area (Å²) in [5.41, 5.74) is 3.35. The summed E-state index contributed by atoms with van der Waals surface area (Å²) in [6.07, 6.45) is 8.64. The second-order valence-corrected chi connectivity index (χ2v) is 6.83. The molecular formula is C19H23N5O. The average molecular weight is 337 g/mol. The smallest absolute Gasteiger partial charge is 0.179 e. The predicted molar refractivity (Wildman–Crippen MR) is 96.1 cm³/mol. The van der Waals surface area contributed by atoms with Crippen LogP contribution in [-0.4, -0.2) is 53.8 Å². The van der Waals surface area contributed by atoms with E-state index in [9.17, 15) is 0 Å². The second-order valence-electron chi connectivity index (χ2n) is 6.83. The molecule has 1 aromatic carbocycles. The Morgan fingerprint density at radius 1 is 1.16 bits per heavy atom. The van der Waals surface area contributed by atoms with Gasteiger partial charge < -0.3 is 19.1 Å². The van der Waals surface area contributed by atoms with E-state index in [4.69, 9.17) is 10.00 Å². The Hall–Kier alpha value is -2.52. The van der Waals surface area contributed by atoms with Crippen LogP contribution in [0.1, 0.15) is 18.9 Å². The second kappa shape index (κ2) is 6.77. The van der Waals surface area contributed by atoms with Gasteiger partial charge in [0, 0.05) is 50.7 Å². The van der Waals surface area contributed by atoms with Crippen molar-refractivity contribution in [2.45, 2.75) is 25.0 Å². The summed E-state index contributed by atoms with van der Waals surface area (Å²) in [6, 6.07) is 8.95. The van der Waals surface area contributed by atoms with Crippen LogP contribution in [0, 0.1) is 11.5 Å². The number of nitrogens with zero attached hydrogens (tertiary/aromatic N) is 5. The molecule has 0 amide bonds. The van der Waals surface area contributed by atoms with Crippen molar-refractivity contribution < 1.29 is 4.74 Å². The SMILES string of the molecule is CO[C@@H]1CCN(c2ccc(-c3cn(C4CCN(C#N)C4)cn3)cc2)C1. The third-order valence-corrected chi connectivity index (χ3v) is 5.33. The molecule has 1 aromatic heterocycles. The van der Waals surface area contributed by atoms with E-state index in [1.807, 2.05) is 11.2 Å². The quantitative estimate of drug-likeness (QED) is 0.803. The first-order valence-corrected chi connectivity index (χ1v) is 8.83. The fourth-order valence-electron chi connectivity index (χ4n) is 3.76. The minimum absolute atomic E-state index is 0.342. The normalized spacial score (nSPS) is 23.2. The van der Waals surface area contributed by atoms with Crippen LogP contribution in [-0.2, 0) is 4.74 Å². The maximum atomic E-state index is 9.00. The molecule has 0 radical (unpaired) electrons. The highest BCUT2D eigenvalue weighted by Gasteiger charge is 2.24. The Balaban J connectivity index is 1.45. The highest BCUT2D eigenvalue weighted by Crippen LogP contribution is 2.27. The summed E-state index contributed by atoms with van der Waals surface area (Å²) in [6.45, 7) is 3.62. The number of hydrogen-bond donors (Lipinski definition) is 0. The summed E-state index contributed by atoms with van der Waals surface area (Å²) in [5, 5.41) is 9.00. The Bertz CT molecular complexity index is 763. The summed E-state index contributed by atoms with van der Waals surface area (Å²) in [4.78, 5) is 8.74. The van der Waals surface area contributed by atoms with Crippen molar-refractivity contribution in [1.29, 1.82) is 5.26 Å². The Morgan fingerprint density at radius 2 is 2.00 bits per heavy atom. The molecule has 3 heterocycles. The summed E-state index contributed by atoms with van der Waals surface area (Å²) >= 11 is 0. The van der Waals surface area contributed by atoms with Gasteiger partial charge in [-0.2, -0.15) is 5.26 Å². The molecule has 2 aromatic rings. The van der Waals surface area contributed by atoms with Crippen LogP contribution in [0.3, 0.4) is 0 Å². The van der Waals surface area contributed by atoms with Gasteiger partial charge >= 0.3 is 0 Å². The van der Waals surface area contributed by atoms with Gasteiger partial charge in [0.15, 0.2) is 6.19 Å². The maximum Gasteiger partial charge on any atom is 0.179 e. The summed E-state index contributed by atoms with van der Waals surface area (Å²) in [7, 11) is 1.79. The van der Waals surface area contributed by atoms with Crippen LogP contribution in [0.5, 0.6) is 0 Å². The van der Waals surface area contributed by atoms with Gasteiger partial charge in [-0.15, -0.1) is 0 Å². The van der Waals surface area contributed by atoms with Gasteiger partial charge in [0.25, 0.3) is 0 Å². The predicted octanol–water partition coefficient (Wildman–Crippen LogP) is 2.50. The fraction of sp³-hybridized carbons (Fsp3) is 0.474. The van der Waals surface area contributed by atoms with E-state index >= 15 is 0 Å². The first-order chi connectivity index (χ1) is 12.3. The third-order valence-electron chi connectivity index (χ3n) is 5.33. The van der Waals surface area contributed by atoms with Gasteiger partial charge in [0.1, 0.15) is 0 Å². The number of aromatic nitrogens is 2. The molecule has 6 nitrogen and oxygen atoms in total. The van der Waals surface area contributed by atoms with E-state index < -0.39 is 0 Å². The summed E-state index contributed by atoms with van der Waals surface area (Å²) in [5.74, 6) is 0. The molecule has 2 saturated heterocycles. The number of benzene rings is 1. The molecule has 2 atom stereocenters. The lowest BCUT2D eigenvalue weighted by Gasteiger charge is -2.18. The minimum Gasteiger partial charge on any atom is -0.380 e. The molecule has 0 bridgehead atoms. The van der Waals surface area contributed by atoms with E-state index in [0.29, 0.717) is 12.1 Å². The molecule has 2 fully saturated rings. The van der Waals surface area contributed by atoms with Crippen molar-refractivity contribution in [3.05, 3.63) is 36.8 Å². The number of anilines is 1. The Morgan fingerprint density at radius 3 is 2.68 bits per heavy atom. The van der Waals surface area contributed by atoms with Gasteiger partial charge in [0.2, 0.25) is 0 Å². The molecule has 0 N–H and O–H groups in total. The van der Waals surface area contributed by atoms with Crippen LogP contribution in [0.4, 0.5) is 5.69 Å². The lowest BCUT2D eigenvalue weighted by molar-refractivity contribution is 0.121. The fourth-order valence-corrected chi connectivity index (χ4v) is 3.76. The van der Waals surface area contributed by atoms with E-state index in [1.165, 1.54) is 5.69 Å². The van der Waals surface area contributed by atoms with Gasteiger partial charge in [-0.25, -0.2) is 4.98 Å². The van der Waals surface area contributed by atoms with Crippen LogP contribution in [0.2, 0.25) is 0 Å². The van der Waals surface area contributed by atoms with E-state index in [-0.39, 0.29) is 0 Å². The van der Waals surface area contributed by atoms with Crippen molar-refractivity contribution in [2.24, 2.45) is 0 Å². The van der Waals surface area contributed by atoms with Crippen molar-refractivity contribution >= 4 is 5.69 Å². The molecule has 6 heteroatoms. The number of hydrogen-bond acceptors (Lipinski definition) is 5. The van der Waals surface area contributed by atoms with Crippen molar-refractivity contribution in [3.63, 3.8) is 0 Å². The number of rotatable bonds is 4. The van der Waals surface area contributed by atoms with Gasteiger partial charge in [-0.05, 0) is 25.0 Å². The third kappa shape index (κ3) is 3.20. The maximum absolute atomic E-state index is 9.00. The molecular weight excluding hydrogens is 314 g/mol. The van der Waals surface area contributed by atoms with Gasteiger partial charge in [-0.3, -0.25) is 0 Å². The zero-order valence-corrected chi connectivity index (χ0v) is 14.5. The van der Waals surface area contributed by atoms with Crippen LogP contribution in [0.25, 0.3) is 11.3 Å². The zero-order chi connectivity index (χ0) is 17.2. The topological polar surface area (TPSA) is 57.3 Å². The van der Waals surface area contributed by atoms with E-state index in [1.54, 1.807) is 7.11 Å². The molecule has 130 valence electrons. The Kier molecular flexibility index (Phi) is 4.33. The molecule has 4 rings (SSSR count). The monoisotopic (exact) mass is 337 g/mol. The molecule has 0 saturated carbocycles. The van der Waals surface area contributed by atoms with E-state index in [2.05, 4.69) is 51.1 Å². The molecule has 2 aliphatic rings. The van der Waals surface area contributed by atoms with Crippen molar-refractivity contribution in [2.75, 3.05) is 38.2 Å². The molecule has 1 unspecified atom stereocenters. The van der Waals surface area contributed by atoms with E-state index in [0.717, 1.165) is 50.3 Å². The largest absolute Gasteiger partial charge is 0.380 e. The number of nitriles is 1. The molecule has 0 spiro atoms. The van der Waals surface area contributed by atoms with Gasteiger partial charge in [-0.1, -0.05) is 12.1 Å². The Labute approximate surface area is 148 Å². The average Bonchev–Trinajstić information content (AvgIpc) is 3.41. The number of imidazole rings is 1. The van der Waals surface area contributed by atoms with Crippen molar-refractivity contribution in [3.8, 4) is 17.5 Å². The first kappa shape index (κ1) is 16.0. The standard InChI is InChI=1S/C19H23N5O/c1-25-18-7-9-23(11-18)16-4-2-15(3-5-16)19-12-24(14-21-19)17-6-8-22(10-17)13-20/h2-5,12,14,17-18H,6-11H2,1H3/t17?,18-/m1/s1. The van der Waals surface area contributed by atoms with Crippen LogP contribution >= 0.6 is 0 Å². The first-order valence-electron chi connectivity index (χ1n) is 8.83. The molecule has 25 heavy (non-hydrogen) atoms. The van der Waals surface area contributed by atoms with Crippen LogP contribution < -0.4 is 4.90 Å². The highest BCUT2D eigenvalue weighted by atomic mass is 16.5. The highest BCUT2D eigenvalue weighted by molar-refractivity contribution is 5.63. The lowest BCUT2D eigenvalue weighted by atomic mass is 10.1. The molecule has 0 aliphatic carbocycles.